The van der Waals surface area contributed by atoms with Crippen LogP contribution in [0.25, 0.3) is 10.9 Å². The highest BCUT2D eigenvalue weighted by molar-refractivity contribution is 6.07. The maximum atomic E-state index is 13.7. The highest BCUT2D eigenvalue weighted by Gasteiger charge is 2.12. The Balaban J connectivity index is 1.51. The van der Waals surface area contributed by atoms with Gasteiger partial charge in [-0.3, -0.25) is 9.78 Å². The highest BCUT2D eigenvalue weighted by atomic mass is 19.1. The van der Waals surface area contributed by atoms with Gasteiger partial charge in [0.2, 0.25) is 0 Å². The van der Waals surface area contributed by atoms with Crippen LogP contribution in [0.5, 0.6) is 0 Å². The summed E-state index contributed by atoms with van der Waals surface area (Å²) in [6, 6.07) is 12.3. The maximum Gasteiger partial charge on any atom is 0.275 e. The number of anilines is 3. The minimum absolute atomic E-state index is 0.0507. The lowest BCUT2D eigenvalue weighted by molar-refractivity contribution is 0.102. The molecule has 28 heavy (non-hydrogen) atoms. The number of rotatable bonds is 4. The molecule has 1 amide bonds. The Morgan fingerprint density at radius 1 is 0.893 bits per heavy atom. The number of halogens is 2. The summed E-state index contributed by atoms with van der Waals surface area (Å²) in [6.45, 7) is 0. The van der Waals surface area contributed by atoms with Crippen LogP contribution in [0.4, 0.5) is 26.0 Å². The van der Waals surface area contributed by atoms with Crippen molar-refractivity contribution in [2.45, 2.75) is 0 Å². The molecule has 4 rings (SSSR count). The van der Waals surface area contributed by atoms with Crippen LogP contribution in [0.15, 0.2) is 67.1 Å². The van der Waals surface area contributed by atoms with Gasteiger partial charge in [0.15, 0.2) is 0 Å². The molecule has 2 aromatic heterocycles. The Morgan fingerprint density at radius 3 is 2.54 bits per heavy atom. The van der Waals surface area contributed by atoms with Gasteiger partial charge in [0.1, 0.15) is 23.1 Å². The number of aromatic nitrogens is 3. The van der Waals surface area contributed by atoms with Crippen molar-refractivity contribution in [1.82, 2.24) is 15.0 Å². The molecule has 0 bridgehead atoms. The normalized spacial score (nSPS) is 10.6. The number of pyridine rings is 1. The molecule has 0 aliphatic carbocycles. The van der Waals surface area contributed by atoms with E-state index in [0.717, 1.165) is 17.5 Å². The molecule has 0 saturated carbocycles. The third-order valence-electron chi connectivity index (χ3n) is 3.96. The molecule has 0 saturated heterocycles. The van der Waals surface area contributed by atoms with Crippen LogP contribution in [-0.4, -0.2) is 20.9 Å². The number of nitrogens with zero attached hydrogens (tertiary/aromatic N) is 3. The van der Waals surface area contributed by atoms with Crippen molar-refractivity contribution in [3.63, 3.8) is 0 Å². The molecule has 2 heterocycles. The van der Waals surface area contributed by atoms with Crippen LogP contribution in [0, 0.1) is 11.6 Å². The molecular formula is C20H13F2N5O. The van der Waals surface area contributed by atoms with Gasteiger partial charge in [-0.05, 0) is 24.3 Å². The predicted molar refractivity (Wildman–Crippen MR) is 101 cm³/mol. The topological polar surface area (TPSA) is 79.8 Å². The second-order valence-electron chi connectivity index (χ2n) is 5.87. The zero-order valence-corrected chi connectivity index (χ0v) is 14.4. The predicted octanol–water partition coefficient (Wildman–Crippen LogP) is 4.30. The number of amides is 1. The second kappa shape index (κ2) is 7.36. The van der Waals surface area contributed by atoms with Gasteiger partial charge in [0.05, 0.1) is 29.3 Å². The van der Waals surface area contributed by atoms with E-state index in [0.29, 0.717) is 11.2 Å². The molecule has 8 heteroatoms. The molecule has 6 nitrogen and oxygen atoms in total. The van der Waals surface area contributed by atoms with Crippen molar-refractivity contribution in [2.75, 3.05) is 10.6 Å². The number of hydrogen-bond donors (Lipinski definition) is 2. The summed E-state index contributed by atoms with van der Waals surface area (Å²) in [5.41, 5.74) is 1.35. The van der Waals surface area contributed by atoms with E-state index >= 15 is 0 Å². The zero-order valence-electron chi connectivity index (χ0n) is 14.4. The first kappa shape index (κ1) is 17.5. The fraction of sp³-hybridized carbons (Fsp3) is 0. The first-order valence-electron chi connectivity index (χ1n) is 8.29. The number of hydrogen-bond acceptors (Lipinski definition) is 5. The molecule has 0 spiro atoms. The van der Waals surface area contributed by atoms with Crippen LogP contribution in [0.3, 0.4) is 0 Å². The largest absolute Gasteiger partial charge is 0.337 e. The van der Waals surface area contributed by atoms with Crippen molar-refractivity contribution in [3.05, 3.63) is 84.4 Å². The van der Waals surface area contributed by atoms with E-state index in [9.17, 15) is 13.6 Å². The standard InChI is InChI=1S/C20H13F2N5O/c21-13-6-7-15(14(22)9-13)26-18-11-24-17(10-25-18)20(28)27-16-5-1-3-12-4-2-8-23-19(12)16/h1-11H,(H,25,26)(H,27,28). The van der Waals surface area contributed by atoms with Crippen LogP contribution >= 0.6 is 0 Å². The summed E-state index contributed by atoms with van der Waals surface area (Å²) in [6.07, 6.45) is 4.20. The number of benzene rings is 2. The number of carbonyl (C=O) groups excluding carboxylic acids is 1. The fourth-order valence-electron chi connectivity index (χ4n) is 2.63. The van der Waals surface area contributed by atoms with Crippen LogP contribution < -0.4 is 10.6 Å². The average molecular weight is 377 g/mol. The Morgan fingerprint density at radius 2 is 1.75 bits per heavy atom. The molecule has 0 aliphatic heterocycles. The van der Waals surface area contributed by atoms with Gasteiger partial charge in [-0.2, -0.15) is 0 Å². The molecular weight excluding hydrogens is 364 g/mol. The summed E-state index contributed by atoms with van der Waals surface area (Å²) in [5.74, 6) is -1.67. The second-order valence-corrected chi connectivity index (χ2v) is 5.87. The minimum atomic E-state index is -0.757. The van der Waals surface area contributed by atoms with E-state index in [4.69, 9.17) is 0 Å². The van der Waals surface area contributed by atoms with Gasteiger partial charge in [-0.1, -0.05) is 18.2 Å². The highest BCUT2D eigenvalue weighted by Crippen LogP contribution is 2.22. The monoisotopic (exact) mass is 377 g/mol. The molecule has 0 atom stereocenters. The third kappa shape index (κ3) is 3.61. The van der Waals surface area contributed by atoms with Crippen molar-refractivity contribution in [1.29, 1.82) is 0 Å². The lowest BCUT2D eigenvalue weighted by Crippen LogP contribution is -2.14. The van der Waals surface area contributed by atoms with Gasteiger partial charge in [-0.25, -0.2) is 18.7 Å². The van der Waals surface area contributed by atoms with Gasteiger partial charge in [0.25, 0.3) is 5.91 Å². The van der Waals surface area contributed by atoms with Gasteiger partial charge in [0, 0.05) is 17.6 Å². The first-order valence-corrected chi connectivity index (χ1v) is 8.29. The fourth-order valence-corrected chi connectivity index (χ4v) is 2.63. The number of nitrogens with one attached hydrogen (secondary N) is 2. The summed E-state index contributed by atoms with van der Waals surface area (Å²) >= 11 is 0. The van der Waals surface area contributed by atoms with Crippen molar-refractivity contribution in [3.8, 4) is 0 Å². The molecule has 0 aliphatic rings. The van der Waals surface area contributed by atoms with E-state index in [1.54, 1.807) is 12.3 Å². The molecule has 0 radical (unpaired) electrons. The summed E-state index contributed by atoms with van der Waals surface area (Å²) in [7, 11) is 0. The summed E-state index contributed by atoms with van der Waals surface area (Å²) < 4.78 is 26.7. The molecule has 0 fully saturated rings. The van der Waals surface area contributed by atoms with Gasteiger partial charge >= 0.3 is 0 Å². The summed E-state index contributed by atoms with van der Waals surface area (Å²) in [4.78, 5) is 24.8. The number of fused-ring (bicyclic) bond motifs is 1. The van der Waals surface area contributed by atoms with Gasteiger partial charge < -0.3 is 10.6 Å². The Labute approximate surface area is 158 Å². The minimum Gasteiger partial charge on any atom is -0.337 e. The molecule has 2 N–H and O–H groups in total. The summed E-state index contributed by atoms with van der Waals surface area (Å²) in [5, 5.41) is 6.34. The van der Waals surface area contributed by atoms with Crippen molar-refractivity contribution < 1.29 is 13.6 Å². The lowest BCUT2D eigenvalue weighted by Gasteiger charge is -2.09. The quantitative estimate of drug-likeness (QED) is 0.554. The van der Waals surface area contributed by atoms with E-state index in [-0.39, 0.29) is 17.2 Å². The number of para-hydroxylation sites is 1. The third-order valence-corrected chi connectivity index (χ3v) is 3.96. The number of carbonyl (C=O) groups is 1. The van der Waals surface area contributed by atoms with E-state index in [1.807, 2.05) is 24.3 Å². The Hall–Kier alpha value is -3.94. The van der Waals surface area contributed by atoms with E-state index < -0.39 is 17.5 Å². The average Bonchev–Trinajstić information content (AvgIpc) is 2.71. The van der Waals surface area contributed by atoms with E-state index in [2.05, 4.69) is 25.6 Å². The zero-order chi connectivity index (χ0) is 19.5. The van der Waals surface area contributed by atoms with Crippen LogP contribution in [-0.2, 0) is 0 Å². The molecule has 4 aromatic rings. The molecule has 2 aromatic carbocycles. The van der Waals surface area contributed by atoms with E-state index in [1.165, 1.54) is 18.5 Å². The first-order chi connectivity index (χ1) is 13.6. The Bertz CT molecular complexity index is 1160. The molecule has 138 valence electrons. The van der Waals surface area contributed by atoms with Crippen molar-refractivity contribution >= 4 is 34.0 Å². The SMILES string of the molecule is O=C(Nc1cccc2cccnc12)c1cnc(Nc2ccc(F)cc2F)cn1. The van der Waals surface area contributed by atoms with Crippen LogP contribution in [0.1, 0.15) is 10.5 Å². The Kier molecular flexibility index (Phi) is 4.59. The smallest absolute Gasteiger partial charge is 0.275 e. The van der Waals surface area contributed by atoms with Crippen molar-refractivity contribution in [2.24, 2.45) is 0 Å². The lowest BCUT2D eigenvalue weighted by atomic mass is 10.2. The van der Waals surface area contributed by atoms with Gasteiger partial charge in [-0.15, -0.1) is 0 Å². The molecule has 0 unspecified atom stereocenters. The maximum absolute atomic E-state index is 13.7. The van der Waals surface area contributed by atoms with Crippen LogP contribution in [0.2, 0.25) is 0 Å².